The lowest BCUT2D eigenvalue weighted by Crippen LogP contribution is -2.44. The summed E-state index contributed by atoms with van der Waals surface area (Å²) in [6.07, 6.45) is 0. The smallest absolute Gasteiger partial charge is 0.136 e. The normalized spacial score (nSPS) is 14.7. The highest BCUT2D eigenvalue weighted by atomic mass is 15.3. The lowest BCUT2D eigenvalue weighted by atomic mass is 10.2. The lowest BCUT2D eigenvalue weighted by molar-refractivity contribution is 0.312. The fourth-order valence-corrected chi connectivity index (χ4v) is 3.45. The van der Waals surface area contributed by atoms with E-state index in [1.807, 2.05) is 25.1 Å². The van der Waals surface area contributed by atoms with Gasteiger partial charge in [0.1, 0.15) is 17.5 Å². The van der Waals surface area contributed by atoms with Gasteiger partial charge in [0.15, 0.2) is 0 Å². The number of piperazine rings is 1. The van der Waals surface area contributed by atoms with Crippen LogP contribution in [-0.2, 0) is 0 Å². The summed E-state index contributed by atoms with van der Waals surface area (Å²) in [5.74, 6) is 2.56. The summed E-state index contributed by atoms with van der Waals surface area (Å²) in [4.78, 5) is 13.9. The van der Waals surface area contributed by atoms with Crippen LogP contribution in [-0.4, -0.2) is 48.1 Å². The third kappa shape index (κ3) is 4.84. The summed E-state index contributed by atoms with van der Waals surface area (Å²) >= 11 is 0. The summed E-state index contributed by atoms with van der Waals surface area (Å²) in [6.45, 7) is 8.11. The number of nitrogens with one attached hydrogen (secondary N) is 2. The van der Waals surface area contributed by atoms with Gasteiger partial charge in [-0.05, 0) is 45.2 Å². The standard InChI is InChI=1S/C23H28N6/c1-17-8-10-19(11-9-17)26-20-6-4-5-7-21(20)27-22-16-23(25-18(2)24-22)29-14-12-28(3)13-15-29/h4-11,16,26H,12-15H2,1-3H3,(H,24,25,27). The lowest BCUT2D eigenvalue weighted by Gasteiger charge is -2.33. The number of nitrogens with zero attached hydrogens (tertiary/aromatic N) is 4. The molecule has 0 amide bonds. The molecule has 0 bridgehead atoms. The van der Waals surface area contributed by atoms with E-state index in [0.29, 0.717) is 0 Å². The predicted octanol–water partition coefficient (Wildman–Crippen LogP) is 4.33. The molecule has 1 aliphatic rings. The van der Waals surface area contributed by atoms with Crippen molar-refractivity contribution in [1.82, 2.24) is 14.9 Å². The van der Waals surface area contributed by atoms with E-state index in [0.717, 1.165) is 60.7 Å². The molecule has 0 atom stereocenters. The first-order valence-electron chi connectivity index (χ1n) is 10.1. The summed E-state index contributed by atoms with van der Waals surface area (Å²) in [7, 11) is 2.16. The number of para-hydroxylation sites is 2. The molecular weight excluding hydrogens is 360 g/mol. The maximum Gasteiger partial charge on any atom is 0.136 e. The van der Waals surface area contributed by atoms with Crippen molar-refractivity contribution in [2.24, 2.45) is 0 Å². The van der Waals surface area contributed by atoms with Crippen molar-refractivity contribution < 1.29 is 0 Å². The third-order valence-corrected chi connectivity index (χ3v) is 5.17. The molecule has 1 saturated heterocycles. The van der Waals surface area contributed by atoms with Crippen LogP contribution in [0.2, 0.25) is 0 Å². The molecular formula is C23H28N6. The fraction of sp³-hybridized carbons (Fsp3) is 0.304. The van der Waals surface area contributed by atoms with Gasteiger partial charge in [0.05, 0.1) is 11.4 Å². The Morgan fingerprint density at radius 2 is 1.45 bits per heavy atom. The van der Waals surface area contributed by atoms with E-state index in [-0.39, 0.29) is 0 Å². The average molecular weight is 389 g/mol. The van der Waals surface area contributed by atoms with Crippen molar-refractivity contribution >= 4 is 28.7 Å². The zero-order valence-corrected chi connectivity index (χ0v) is 17.3. The van der Waals surface area contributed by atoms with Crippen molar-refractivity contribution in [3.63, 3.8) is 0 Å². The van der Waals surface area contributed by atoms with Gasteiger partial charge in [-0.2, -0.15) is 0 Å². The fourth-order valence-electron chi connectivity index (χ4n) is 3.45. The number of benzene rings is 2. The first-order valence-corrected chi connectivity index (χ1v) is 10.1. The van der Waals surface area contributed by atoms with E-state index >= 15 is 0 Å². The van der Waals surface area contributed by atoms with Crippen LogP contribution >= 0.6 is 0 Å². The van der Waals surface area contributed by atoms with Crippen molar-refractivity contribution in [1.29, 1.82) is 0 Å². The van der Waals surface area contributed by atoms with Crippen molar-refractivity contribution in [2.75, 3.05) is 48.8 Å². The molecule has 0 radical (unpaired) electrons. The van der Waals surface area contributed by atoms with Crippen LogP contribution in [0.1, 0.15) is 11.4 Å². The van der Waals surface area contributed by atoms with E-state index < -0.39 is 0 Å². The molecule has 150 valence electrons. The maximum absolute atomic E-state index is 4.66. The van der Waals surface area contributed by atoms with Gasteiger partial charge >= 0.3 is 0 Å². The highest BCUT2D eigenvalue weighted by Crippen LogP contribution is 2.29. The molecule has 29 heavy (non-hydrogen) atoms. The highest BCUT2D eigenvalue weighted by molar-refractivity contribution is 5.77. The molecule has 3 aromatic rings. The SMILES string of the molecule is Cc1ccc(Nc2ccccc2Nc2cc(N3CCN(C)CC3)nc(C)n2)cc1. The maximum atomic E-state index is 4.66. The highest BCUT2D eigenvalue weighted by Gasteiger charge is 2.17. The molecule has 2 heterocycles. The van der Waals surface area contributed by atoms with Crippen molar-refractivity contribution in [2.45, 2.75) is 13.8 Å². The number of aromatic nitrogens is 2. The number of hydrogen-bond acceptors (Lipinski definition) is 6. The molecule has 2 N–H and O–H groups in total. The number of hydrogen-bond donors (Lipinski definition) is 2. The molecule has 6 heteroatoms. The molecule has 0 spiro atoms. The van der Waals surface area contributed by atoms with Crippen LogP contribution in [0, 0.1) is 13.8 Å². The summed E-state index contributed by atoms with van der Waals surface area (Å²) in [5.41, 5.74) is 4.29. The molecule has 0 aliphatic carbocycles. The molecule has 0 unspecified atom stereocenters. The van der Waals surface area contributed by atoms with Crippen LogP contribution in [0.4, 0.5) is 28.7 Å². The summed E-state index contributed by atoms with van der Waals surface area (Å²) in [5, 5.41) is 6.98. The van der Waals surface area contributed by atoms with E-state index in [4.69, 9.17) is 0 Å². The Hall–Kier alpha value is -3.12. The second-order valence-corrected chi connectivity index (χ2v) is 7.61. The van der Waals surface area contributed by atoms with Gasteiger partial charge in [-0.1, -0.05) is 29.8 Å². The number of anilines is 5. The second kappa shape index (κ2) is 8.49. The molecule has 4 rings (SSSR count). The third-order valence-electron chi connectivity index (χ3n) is 5.17. The topological polar surface area (TPSA) is 56.3 Å². The van der Waals surface area contributed by atoms with Gasteiger partial charge in [-0.25, -0.2) is 9.97 Å². The molecule has 1 fully saturated rings. The molecule has 6 nitrogen and oxygen atoms in total. The molecule has 2 aromatic carbocycles. The summed E-state index contributed by atoms with van der Waals surface area (Å²) < 4.78 is 0. The quantitative estimate of drug-likeness (QED) is 0.678. The van der Waals surface area contributed by atoms with Gasteiger partial charge in [-0.15, -0.1) is 0 Å². The number of aryl methyl sites for hydroxylation is 2. The minimum Gasteiger partial charge on any atom is -0.354 e. The van der Waals surface area contributed by atoms with Crippen molar-refractivity contribution in [3.05, 3.63) is 66.0 Å². The van der Waals surface area contributed by atoms with E-state index in [2.05, 4.69) is 80.8 Å². The Morgan fingerprint density at radius 1 is 0.793 bits per heavy atom. The number of rotatable bonds is 5. The Balaban J connectivity index is 1.55. The molecule has 0 saturated carbocycles. The molecule has 1 aliphatic heterocycles. The van der Waals surface area contributed by atoms with Crippen LogP contribution in [0.15, 0.2) is 54.6 Å². The van der Waals surface area contributed by atoms with Gasteiger partial charge in [0.2, 0.25) is 0 Å². The van der Waals surface area contributed by atoms with Crippen LogP contribution in [0.3, 0.4) is 0 Å². The second-order valence-electron chi connectivity index (χ2n) is 7.61. The van der Waals surface area contributed by atoms with Gasteiger partial charge in [-0.3, -0.25) is 0 Å². The first-order chi connectivity index (χ1) is 14.1. The van der Waals surface area contributed by atoms with Gasteiger partial charge < -0.3 is 20.4 Å². The monoisotopic (exact) mass is 388 g/mol. The van der Waals surface area contributed by atoms with E-state index in [1.54, 1.807) is 0 Å². The van der Waals surface area contributed by atoms with Crippen LogP contribution < -0.4 is 15.5 Å². The van der Waals surface area contributed by atoms with Crippen molar-refractivity contribution in [3.8, 4) is 0 Å². The number of likely N-dealkylation sites (N-methyl/N-ethyl adjacent to an activating group) is 1. The zero-order valence-electron chi connectivity index (χ0n) is 17.3. The minimum atomic E-state index is 0.771. The summed E-state index contributed by atoms with van der Waals surface area (Å²) in [6, 6.07) is 18.6. The Labute approximate surface area is 172 Å². The van der Waals surface area contributed by atoms with Crippen LogP contribution in [0.25, 0.3) is 0 Å². The van der Waals surface area contributed by atoms with Crippen LogP contribution in [0.5, 0.6) is 0 Å². The average Bonchev–Trinajstić information content (AvgIpc) is 2.71. The minimum absolute atomic E-state index is 0.771. The predicted molar refractivity (Wildman–Crippen MR) is 121 cm³/mol. The Bertz CT molecular complexity index is 961. The van der Waals surface area contributed by atoms with Gasteiger partial charge in [0.25, 0.3) is 0 Å². The molecule has 1 aromatic heterocycles. The Morgan fingerprint density at radius 3 is 2.14 bits per heavy atom. The van der Waals surface area contributed by atoms with Gasteiger partial charge in [0, 0.05) is 37.9 Å². The largest absolute Gasteiger partial charge is 0.354 e. The first kappa shape index (κ1) is 19.2. The zero-order chi connectivity index (χ0) is 20.2. The van der Waals surface area contributed by atoms with E-state index in [1.165, 1.54) is 5.56 Å². The van der Waals surface area contributed by atoms with E-state index in [9.17, 15) is 0 Å². The Kier molecular flexibility index (Phi) is 5.62.